The summed E-state index contributed by atoms with van der Waals surface area (Å²) in [5, 5.41) is 2.74. The number of amides is 1. The first-order valence-electron chi connectivity index (χ1n) is 7.60. The van der Waals surface area contributed by atoms with Gasteiger partial charge in [0.2, 0.25) is 5.91 Å². The average molecular weight is 293 g/mol. The maximum atomic E-state index is 13.1. The van der Waals surface area contributed by atoms with Crippen LogP contribution in [0.2, 0.25) is 0 Å². The first-order valence-corrected chi connectivity index (χ1v) is 7.60. The summed E-state index contributed by atoms with van der Waals surface area (Å²) < 4.78 is 13.1. The molecule has 1 saturated heterocycles. The molecule has 3 N–H and O–H groups in total. The molecule has 1 fully saturated rings. The highest BCUT2D eigenvalue weighted by Crippen LogP contribution is 2.25. The zero-order valence-corrected chi connectivity index (χ0v) is 12.5. The minimum Gasteiger partial charge on any atom is -0.330 e. The Kier molecular flexibility index (Phi) is 5.70. The number of nitrogens with zero attached hydrogens (tertiary/aromatic N) is 1. The van der Waals surface area contributed by atoms with Crippen molar-refractivity contribution in [2.45, 2.75) is 19.8 Å². The fourth-order valence-electron chi connectivity index (χ4n) is 3.04. The molecule has 1 aliphatic rings. The lowest BCUT2D eigenvalue weighted by molar-refractivity contribution is -0.117. The van der Waals surface area contributed by atoms with E-state index in [0.29, 0.717) is 24.1 Å². The molecule has 0 saturated carbocycles. The number of halogens is 1. The summed E-state index contributed by atoms with van der Waals surface area (Å²) >= 11 is 0. The van der Waals surface area contributed by atoms with Gasteiger partial charge in [0.05, 0.1) is 6.54 Å². The van der Waals surface area contributed by atoms with Crippen molar-refractivity contribution in [3.8, 4) is 0 Å². The second-order valence-corrected chi connectivity index (χ2v) is 5.75. The van der Waals surface area contributed by atoms with Crippen LogP contribution in [0, 0.1) is 17.7 Å². The molecule has 0 aliphatic carbocycles. The van der Waals surface area contributed by atoms with Gasteiger partial charge in [-0.25, -0.2) is 4.39 Å². The van der Waals surface area contributed by atoms with E-state index in [1.165, 1.54) is 12.1 Å². The van der Waals surface area contributed by atoms with E-state index in [4.69, 9.17) is 5.73 Å². The van der Waals surface area contributed by atoms with E-state index in [1.807, 2.05) is 0 Å². The van der Waals surface area contributed by atoms with Crippen LogP contribution in [0.1, 0.15) is 19.8 Å². The van der Waals surface area contributed by atoms with E-state index in [2.05, 4.69) is 17.1 Å². The van der Waals surface area contributed by atoms with Crippen LogP contribution in [-0.2, 0) is 4.79 Å². The first-order chi connectivity index (χ1) is 10.1. The number of piperidine rings is 1. The predicted octanol–water partition coefficient (Wildman–Crippen LogP) is 2.07. The molecule has 4 nitrogen and oxygen atoms in total. The quantitative estimate of drug-likeness (QED) is 0.874. The summed E-state index contributed by atoms with van der Waals surface area (Å²) in [4.78, 5) is 14.2. The molecular formula is C16H24FN3O. The van der Waals surface area contributed by atoms with Crippen LogP contribution in [0.3, 0.4) is 0 Å². The third-order valence-corrected chi connectivity index (χ3v) is 4.28. The number of hydrogen-bond acceptors (Lipinski definition) is 3. The lowest BCUT2D eigenvalue weighted by Gasteiger charge is -2.37. The molecule has 21 heavy (non-hydrogen) atoms. The maximum absolute atomic E-state index is 13.1. The molecule has 1 aromatic rings. The average Bonchev–Trinajstić information content (AvgIpc) is 2.47. The highest BCUT2D eigenvalue weighted by Gasteiger charge is 2.27. The second kappa shape index (κ2) is 7.52. The van der Waals surface area contributed by atoms with Crippen LogP contribution in [0.5, 0.6) is 0 Å². The number of carbonyl (C=O) groups excluding carboxylic acids is 1. The number of likely N-dealkylation sites (tertiary alicyclic amines) is 1. The zero-order chi connectivity index (χ0) is 15.2. The van der Waals surface area contributed by atoms with Gasteiger partial charge in [-0.3, -0.25) is 9.69 Å². The van der Waals surface area contributed by atoms with Crippen molar-refractivity contribution in [1.29, 1.82) is 0 Å². The minimum absolute atomic E-state index is 0.0957. The number of benzene rings is 1. The van der Waals surface area contributed by atoms with Crippen molar-refractivity contribution >= 4 is 11.6 Å². The normalized spacial score (nSPS) is 23.0. The molecule has 2 atom stereocenters. The Morgan fingerprint density at radius 2 is 2.29 bits per heavy atom. The predicted molar refractivity (Wildman–Crippen MR) is 82.4 cm³/mol. The van der Waals surface area contributed by atoms with Crippen molar-refractivity contribution < 1.29 is 9.18 Å². The van der Waals surface area contributed by atoms with Crippen molar-refractivity contribution in [3.63, 3.8) is 0 Å². The molecule has 116 valence electrons. The third-order valence-electron chi connectivity index (χ3n) is 4.28. The molecule has 0 bridgehead atoms. The van der Waals surface area contributed by atoms with Gasteiger partial charge in [-0.05, 0) is 49.5 Å². The lowest BCUT2D eigenvalue weighted by Crippen LogP contribution is -2.45. The fourth-order valence-corrected chi connectivity index (χ4v) is 3.04. The Morgan fingerprint density at radius 3 is 2.95 bits per heavy atom. The van der Waals surface area contributed by atoms with Gasteiger partial charge in [-0.2, -0.15) is 0 Å². The van der Waals surface area contributed by atoms with Gasteiger partial charge in [0.1, 0.15) is 5.82 Å². The van der Waals surface area contributed by atoms with Gasteiger partial charge < -0.3 is 11.1 Å². The van der Waals surface area contributed by atoms with Crippen LogP contribution in [-0.4, -0.2) is 37.0 Å². The van der Waals surface area contributed by atoms with Crippen molar-refractivity contribution in [2.24, 2.45) is 17.6 Å². The van der Waals surface area contributed by atoms with Gasteiger partial charge >= 0.3 is 0 Å². The molecule has 0 aromatic heterocycles. The van der Waals surface area contributed by atoms with E-state index in [1.54, 1.807) is 12.1 Å². The first kappa shape index (κ1) is 15.9. The van der Waals surface area contributed by atoms with E-state index < -0.39 is 0 Å². The lowest BCUT2D eigenvalue weighted by atomic mass is 9.84. The zero-order valence-electron chi connectivity index (χ0n) is 12.5. The summed E-state index contributed by atoms with van der Waals surface area (Å²) in [5.41, 5.74) is 6.30. The van der Waals surface area contributed by atoms with Crippen molar-refractivity contribution in [2.75, 3.05) is 31.5 Å². The van der Waals surface area contributed by atoms with Crippen molar-refractivity contribution in [1.82, 2.24) is 4.90 Å². The summed E-state index contributed by atoms with van der Waals surface area (Å²) in [7, 11) is 0. The van der Waals surface area contributed by atoms with Gasteiger partial charge in [0, 0.05) is 12.2 Å². The summed E-state index contributed by atoms with van der Waals surface area (Å²) in [5.74, 6) is 0.688. The highest BCUT2D eigenvalue weighted by molar-refractivity contribution is 5.92. The summed E-state index contributed by atoms with van der Waals surface area (Å²) in [6.07, 6.45) is 2.13. The molecule has 1 aliphatic heterocycles. The molecule has 1 aromatic carbocycles. The van der Waals surface area contributed by atoms with Crippen LogP contribution in [0.25, 0.3) is 0 Å². The van der Waals surface area contributed by atoms with E-state index in [-0.39, 0.29) is 11.7 Å². The monoisotopic (exact) mass is 293 g/mol. The SMILES string of the molecule is CCC1CN(CC(=O)Nc2cccc(F)c2)CCC1CN. The molecule has 5 heteroatoms. The Balaban J connectivity index is 1.85. The number of carbonyl (C=O) groups is 1. The van der Waals surface area contributed by atoms with Gasteiger partial charge in [0.15, 0.2) is 0 Å². The molecule has 1 amide bonds. The van der Waals surface area contributed by atoms with Crippen LogP contribution in [0.15, 0.2) is 24.3 Å². The molecular weight excluding hydrogens is 269 g/mol. The van der Waals surface area contributed by atoms with Crippen LogP contribution >= 0.6 is 0 Å². The number of nitrogens with one attached hydrogen (secondary N) is 1. The number of hydrogen-bond donors (Lipinski definition) is 2. The third kappa shape index (κ3) is 4.51. The Bertz CT molecular complexity index is 480. The summed E-state index contributed by atoms with van der Waals surface area (Å²) in [6.45, 7) is 5.06. The number of nitrogens with two attached hydrogens (primary N) is 1. The fraction of sp³-hybridized carbons (Fsp3) is 0.562. The molecule has 2 rings (SSSR count). The molecule has 1 heterocycles. The Morgan fingerprint density at radius 1 is 1.48 bits per heavy atom. The molecule has 0 spiro atoms. The Hall–Kier alpha value is -1.46. The largest absolute Gasteiger partial charge is 0.330 e. The number of anilines is 1. The smallest absolute Gasteiger partial charge is 0.238 e. The van der Waals surface area contributed by atoms with Gasteiger partial charge in [-0.15, -0.1) is 0 Å². The second-order valence-electron chi connectivity index (χ2n) is 5.75. The van der Waals surface area contributed by atoms with E-state index in [0.717, 1.165) is 32.5 Å². The van der Waals surface area contributed by atoms with Gasteiger partial charge in [-0.1, -0.05) is 19.4 Å². The standard InChI is InChI=1S/C16H24FN3O/c1-2-12-10-20(7-6-13(12)9-18)11-16(21)19-15-5-3-4-14(17)8-15/h3-5,8,12-13H,2,6-7,9-11,18H2,1H3,(H,19,21). The topological polar surface area (TPSA) is 58.4 Å². The Labute approximate surface area is 125 Å². The maximum Gasteiger partial charge on any atom is 0.238 e. The van der Waals surface area contributed by atoms with Crippen molar-refractivity contribution in [3.05, 3.63) is 30.1 Å². The minimum atomic E-state index is -0.345. The van der Waals surface area contributed by atoms with Crippen LogP contribution in [0.4, 0.5) is 10.1 Å². The van der Waals surface area contributed by atoms with E-state index in [9.17, 15) is 9.18 Å². The van der Waals surface area contributed by atoms with Crippen LogP contribution < -0.4 is 11.1 Å². The van der Waals surface area contributed by atoms with E-state index >= 15 is 0 Å². The molecule has 0 radical (unpaired) electrons. The molecule has 2 unspecified atom stereocenters. The van der Waals surface area contributed by atoms with Gasteiger partial charge in [0.25, 0.3) is 0 Å². The summed E-state index contributed by atoms with van der Waals surface area (Å²) in [6, 6.07) is 5.97. The highest BCUT2D eigenvalue weighted by atomic mass is 19.1. The number of rotatable bonds is 5.